The summed E-state index contributed by atoms with van der Waals surface area (Å²) in [5.74, 6) is 0. The second kappa shape index (κ2) is 71.4. The number of carbonyl (C=O) groups excluding carboxylic acids is 4. The standard InChI is InChI=1S/2C18H33P.2C18H15P.4CHO.4CH3.4ClH.4Ru.4H/c4*1-4-10-16(11-5-1)19(17-12-6-2-7-13-17)18-14-8-3-9-15-18;4*1-2;;;;;;;;;;;;;;;;/h2*16-18H,1-15H2;2*1-15H;4*1H;4*1H3;4*1H;;;;;;;;/q;;;;8*-1;;;;;4*+3;;;;. The zero-order chi connectivity index (χ0) is 67.7. The summed E-state index contributed by atoms with van der Waals surface area (Å²) in [4.78, 5) is 31.0. The summed E-state index contributed by atoms with van der Waals surface area (Å²) >= 11 is 6.49. The average molecular weight is 1820 g/mol. The van der Waals surface area contributed by atoms with E-state index in [0.717, 1.165) is 0 Å². The topological polar surface area (TPSA) is 68.3 Å². The molecule has 0 unspecified atom stereocenters. The van der Waals surface area contributed by atoms with Gasteiger partial charge in [-0.3, -0.25) is 27.2 Å². The Labute approximate surface area is 649 Å². The molecule has 4 nitrogen and oxygen atoms in total. The molecule has 0 amide bonds. The molecule has 6 aromatic rings. The van der Waals surface area contributed by atoms with Crippen LogP contribution >= 0.6 is 70.5 Å². The van der Waals surface area contributed by atoms with E-state index in [2.05, 4.69) is 248 Å². The first kappa shape index (κ1) is 102. The van der Waals surface area contributed by atoms with Crippen LogP contribution in [0.15, 0.2) is 182 Å². The van der Waals surface area contributed by atoms with Crippen molar-refractivity contribution in [3.8, 4) is 0 Å². The van der Waals surface area contributed by atoms with Crippen LogP contribution < -0.4 is 31.8 Å². The second-order valence-corrected chi connectivity index (χ2v) is 35.8. The maximum Gasteiger partial charge on any atom is 0.102 e. The maximum absolute atomic E-state index is 7.75. The fourth-order valence-corrected chi connectivity index (χ4v) is 30.8. The third kappa shape index (κ3) is 38.8. The van der Waals surface area contributed by atoms with Gasteiger partial charge >= 0.3 is 108 Å². The molecule has 12 rings (SSSR count). The summed E-state index contributed by atoms with van der Waals surface area (Å²) in [7, 11) is 16.6. The molecular weight excluding hydrogens is 1690 g/mol. The Morgan fingerprint density at radius 1 is 0.208 bits per heavy atom. The quantitative estimate of drug-likeness (QED) is 0.0530. The molecule has 0 bridgehead atoms. The zero-order valence-electron chi connectivity index (χ0n) is 58.0. The summed E-state index contributed by atoms with van der Waals surface area (Å²) in [6.07, 6.45) is 47.6. The van der Waals surface area contributed by atoms with Crippen molar-refractivity contribution in [1.82, 2.24) is 0 Å². The minimum atomic E-state index is -0.877. The van der Waals surface area contributed by atoms with Gasteiger partial charge in [-0.1, -0.05) is 148 Å². The van der Waals surface area contributed by atoms with E-state index >= 15 is 0 Å². The van der Waals surface area contributed by atoms with E-state index in [1.54, 1.807) is 262 Å². The van der Waals surface area contributed by atoms with Crippen molar-refractivity contribution >= 4 is 129 Å². The Hall–Kier alpha value is -0.626. The van der Waals surface area contributed by atoms with E-state index in [1.807, 2.05) is 0 Å². The number of hydrogen-bond acceptors (Lipinski definition) is 4. The van der Waals surface area contributed by atoms with Crippen LogP contribution in [-0.2, 0) is 88.4 Å². The molecule has 0 aliphatic heterocycles. The Bertz CT molecular complexity index is 2070. The van der Waals surface area contributed by atoms with Gasteiger partial charge in [-0.25, -0.2) is 0 Å². The first-order chi connectivity index (χ1) is 45.8. The van der Waals surface area contributed by atoms with Gasteiger partial charge in [-0.15, -0.1) is 0 Å². The van der Waals surface area contributed by atoms with Crippen molar-refractivity contribution in [2.24, 2.45) is 0 Å². The van der Waals surface area contributed by atoms with Crippen LogP contribution in [0.2, 0.25) is 0 Å². The molecule has 0 aromatic heterocycles. The molecule has 540 valence electrons. The molecule has 6 aromatic carbocycles. The third-order valence-electron chi connectivity index (χ3n) is 18.8. The SMILES string of the molecule is C1CCC([PH+](C2CCCCC2)C2CCCCC2)CC1.C1CCC([PH+](C2CCCCC2)C2CCCCC2)CC1.[CH-]=O.[CH-]=O.[CH-]=O.[CH-]=O.[CH3-].[CH3-].[CH3-].[CH3-].[Cl][RuH+2].[Cl][RuH+2].[Cl][RuH+2].[Cl][RuH+2].c1ccc([PH+](c2ccccc2)c2ccccc2)cc1.c1ccc([PH+](c2ccccc2)c2ccccc2)cc1. The normalized spacial score (nSPS) is 16.0. The predicted octanol–water partition coefficient (Wildman–Crippen LogP) is 21.1. The van der Waals surface area contributed by atoms with E-state index in [1.165, 1.54) is 65.8 Å². The van der Waals surface area contributed by atoms with Crippen molar-refractivity contribution < 1.29 is 88.4 Å². The van der Waals surface area contributed by atoms with Crippen LogP contribution in [-0.4, -0.2) is 61.1 Å². The van der Waals surface area contributed by atoms with Crippen LogP contribution in [0.1, 0.15) is 193 Å². The van der Waals surface area contributed by atoms with Crippen molar-refractivity contribution in [2.75, 3.05) is 0 Å². The molecule has 0 saturated heterocycles. The third-order valence-corrected chi connectivity index (χ3v) is 33.4. The van der Waals surface area contributed by atoms with Gasteiger partial charge < -0.3 is 48.9 Å². The summed E-state index contributed by atoms with van der Waals surface area (Å²) < 4.78 is 0. The summed E-state index contributed by atoms with van der Waals surface area (Å²) in [5, 5.41) is 8.61. The Morgan fingerprint density at radius 2 is 0.312 bits per heavy atom. The number of hydrogen-bond donors (Lipinski definition) is 0. The molecule has 6 aliphatic rings. The first-order valence-corrected chi connectivity index (χ1v) is 49.1. The van der Waals surface area contributed by atoms with Crippen molar-refractivity contribution in [2.45, 2.75) is 227 Å². The van der Waals surface area contributed by atoms with Crippen LogP contribution in [0.3, 0.4) is 0 Å². The van der Waals surface area contributed by atoms with Gasteiger partial charge in [0.25, 0.3) is 0 Å². The number of benzene rings is 6. The largest absolute Gasteiger partial charge is 0.102 e. The van der Waals surface area contributed by atoms with Crippen molar-refractivity contribution in [3.05, 3.63) is 212 Å². The molecule has 16 heteroatoms. The molecular formula is C80H120Cl4O4P4Ru4+4. The second-order valence-electron chi connectivity index (χ2n) is 24.0. The molecule has 0 atom stereocenters. The van der Waals surface area contributed by atoms with E-state index in [4.69, 9.17) is 19.2 Å². The van der Waals surface area contributed by atoms with Gasteiger partial charge in [0.1, 0.15) is 31.8 Å². The monoisotopic (exact) mass is 1820 g/mol. The molecule has 96 heavy (non-hydrogen) atoms. The van der Waals surface area contributed by atoms with Gasteiger partial charge in [0.2, 0.25) is 0 Å². The Morgan fingerprint density at radius 3 is 0.417 bits per heavy atom. The van der Waals surface area contributed by atoms with Crippen molar-refractivity contribution in [3.63, 3.8) is 0 Å². The maximum atomic E-state index is 7.75. The van der Waals surface area contributed by atoms with E-state index in [-0.39, 0.29) is 45.5 Å². The molecule has 6 aliphatic carbocycles. The smallest absolute Gasteiger partial charge is 0.0620 e. The number of rotatable bonds is 12. The zero-order valence-corrected chi connectivity index (χ0v) is 72.4. The molecule has 0 spiro atoms. The van der Waals surface area contributed by atoms with Gasteiger partial charge in [0.05, 0.1) is 49.8 Å². The Balaban J connectivity index is -0.000000541. The minimum absolute atomic E-state index is 0. The van der Waals surface area contributed by atoms with Gasteiger partial charge in [0, 0.05) is 15.8 Å². The van der Waals surface area contributed by atoms with Gasteiger partial charge in [0.15, 0.2) is 0 Å². The number of halogens is 4. The summed E-state index contributed by atoms with van der Waals surface area (Å²) in [5.41, 5.74) is 7.36. The fourth-order valence-electron chi connectivity index (χ4n) is 15.2. The molecule has 6 saturated carbocycles. The molecule has 0 radical (unpaired) electrons. The average Bonchev–Trinajstić information content (AvgIpc) is 0.904. The van der Waals surface area contributed by atoms with Crippen LogP contribution in [0.5, 0.6) is 0 Å². The van der Waals surface area contributed by atoms with E-state index < -0.39 is 15.8 Å². The van der Waals surface area contributed by atoms with Crippen LogP contribution in [0, 0.1) is 29.7 Å². The van der Waals surface area contributed by atoms with E-state index in [0.29, 0.717) is 0 Å². The molecule has 6 fully saturated rings. The molecule has 0 N–H and O–H groups in total. The van der Waals surface area contributed by atoms with Gasteiger partial charge in [-0.05, 0) is 227 Å². The predicted molar refractivity (Wildman–Crippen MR) is 433 cm³/mol. The fraction of sp³-hybridized carbons (Fsp3) is 0.450. The van der Waals surface area contributed by atoms with Crippen LogP contribution in [0.25, 0.3) is 0 Å². The first-order valence-electron chi connectivity index (χ1n) is 33.1. The summed E-state index contributed by atoms with van der Waals surface area (Å²) in [6.45, 7) is 13.0. The molecule has 0 heterocycles. The van der Waals surface area contributed by atoms with E-state index in [9.17, 15) is 0 Å². The van der Waals surface area contributed by atoms with Crippen molar-refractivity contribution in [1.29, 1.82) is 0 Å². The minimum Gasteiger partial charge on any atom is -0.0620 e. The van der Waals surface area contributed by atoms with Gasteiger partial charge in [-0.2, -0.15) is 0 Å². The summed E-state index contributed by atoms with van der Waals surface area (Å²) in [6, 6.07) is 65.0. The Kier molecular flexibility index (Phi) is 75.6. The van der Waals surface area contributed by atoms with Crippen LogP contribution in [0.4, 0.5) is 0 Å².